The minimum absolute atomic E-state index is 0.0743. The summed E-state index contributed by atoms with van der Waals surface area (Å²) in [5, 5.41) is 18.2. The van der Waals surface area contributed by atoms with Gasteiger partial charge in [-0.1, -0.05) is 0 Å². The molecule has 2 aromatic rings. The van der Waals surface area contributed by atoms with Gasteiger partial charge in [0.1, 0.15) is 0 Å². The van der Waals surface area contributed by atoms with Gasteiger partial charge in [0.05, 0.1) is 12.2 Å². The third-order valence-corrected chi connectivity index (χ3v) is 2.79. The maximum Gasteiger partial charge on any atom is 0.335 e. The smallest absolute Gasteiger partial charge is 0.335 e. The van der Waals surface area contributed by atoms with E-state index in [0.717, 1.165) is 0 Å². The number of rotatable bonds is 3. The van der Waals surface area contributed by atoms with Gasteiger partial charge in [-0.05, 0) is 48.4 Å². The Balaban J connectivity index is 2.60. The number of aryl methyl sites for hydroxylation is 1. The van der Waals surface area contributed by atoms with Gasteiger partial charge in [-0.2, -0.15) is 4.39 Å². The molecule has 1 aromatic heterocycles. The van der Waals surface area contributed by atoms with E-state index in [4.69, 9.17) is 10.2 Å². The molecule has 0 aliphatic carbocycles. The highest BCUT2D eigenvalue weighted by Crippen LogP contribution is 2.25. The number of hydrogen-bond acceptors (Lipinski definition) is 3. The summed E-state index contributed by atoms with van der Waals surface area (Å²) in [6.07, 6.45) is 0. The largest absolute Gasteiger partial charge is 0.478 e. The summed E-state index contributed by atoms with van der Waals surface area (Å²) < 4.78 is 13.0. The first-order chi connectivity index (χ1) is 9.01. The number of benzene rings is 1. The summed E-state index contributed by atoms with van der Waals surface area (Å²) in [6.45, 7) is 1.38. The number of carbonyl (C=O) groups is 1. The lowest BCUT2D eigenvalue weighted by Gasteiger charge is -2.08. The first-order valence-electron chi connectivity index (χ1n) is 5.63. The molecule has 0 amide bonds. The average Bonchev–Trinajstić information content (AvgIpc) is 2.38. The number of carboxylic acids is 1. The molecule has 0 saturated heterocycles. The first-order valence-corrected chi connectivity index (χ1v) is 5.63. The van der Waals surface area contributed by atoms with Crippen LogP contribution in [0.25, 0.3) is 11.1 Å². The fourth-order valence-electron chi connectivity index (χ4n) is 1.90. The van der Waals surface area contributed by atoms with Crippen molar-refractivity contribution < 1.29 is 19.4 Å². The molecule has 0 unspecified atom stereocenters. The highest BCUT2D eigenvalue weighted by Gasteiger charge is 2.10. The lowest BCUT2D eigenvalue weighted by atomic mass is 9.99. The van der Waals surface area contributed by atoms with E-state index in [0.29, 0.717) is 22.4 Å². The summed E-state index contributed by atoms with van der Waals surface area (Å²) in [6, 6.07) is 7.30. The zero-order valence-electron chi connectivity index (χ0n) is 10.2. The van der Waals surface area contributed by atoms with Crippen LogP contribution in [0.2, 0.25) is 0 Å². The van der Waals surface area contributed by atoms with E-state index < -0.39 is 11.9 Å². The Morgan fingerprint density at radius 3 is 2.63 bits per heavy atom. The van der Waals surface area contributed by atoms with E-state index in [1.165, 1.54) is 18.2 Å². The predicted molar refractivity (Wildman–Crippen MR) is 67.3 cm³/mol. The van der Waals surface area contributed by atoms with Crippen molar-refractivity contribution in [3.63, 3.8) is 0 Å². The van der Waals surface area contributed by atoms with E-state index in [1.54, 1.807) is 19.1 Å². The molecule has 0 fully saturated rings. The first kappa shape index (κ1) is 13.2. The van der Waals surface area contributed by atoms with Crippen LogP contribution in [0.4, 0.5) is 4.39 Å². The van der Waals surface area contributed by atoms with Gasteiger partial charge in [0, 0.05) is 11.3 Å². The average molecular weight is 261 g/mol. The molecular formula is C14H12FNO3. The summed E-state index contributed by atoms with van der Waals surface area (Å²) in [5.74, 6) is -1.66. The van der Waals surface area contributed by atoms with Crippen LogP contribution in [0.3, 0.4) is 0 Å². The van der Waals surface area contributed by atoms with Crippen molar-refractivity contribution >= 4 is 5.97 Å². The third kappa shape index (κ3) is 2.77. The quantitative estimate of drug-likeness (QED) is 0.832. The summed E-state index contributed by atoms with van der Waals surface area (Å²) in [4.78, 5) is 14.7. The second kappa shape index (κ2) is 5.16. The lowest BCUT2D eigenvalue weighted by Crippen LogP contribution is -2.00. The number of aliphatic hydroxyl groups excluding tert-OH is 1. The van der Waals surface area contributed by atoms with E-state index in [-0.39, 0.29) is 12.2 Å². The van der Waals surface area contributed by atoms with Gasteiger partial charge in [0.15, 0.2) is 0 Å². The molecule has 2 rings (SSSR count). The van der Waals surface area contributed by atoms with Gasteiger partial charge >= 0.3 is 5.97 Å². The molecule has 0 bridgehead atoms. The van der Waals surface area contributed by atoms with Crippen LogP contribution in [0, 0.1) is 12.9 Å². The number of hydrogen-bond donors (Lipinski definition) is 2. The Morgan fingerprint density at radius 2 is 2.05 bits per heavy atom. The zero-order chi connectivity index (χ0) is 14.0. The Bertz CT molecular complexity index is 641. The number of pyridine rings is 1. The van der Waals surface area contributed by atoms with Crippen molar-refractivity contribution in [3.8, 4) is 11.1 Å². The Kier molecular flexibility index (Phi) is 3.57. The minimum Gasteiger partial charge on any atom is -0.478 e. The third-order valence-electron chi connectivity index (χ3n) is 2.79. The Hall–Kier alpha value is -2.27. The molecule has 4 nitrogen and oxygen atoms in total. The van der Waals surface area contributed by atoms with Crippen molar-refractivity contribution in [3.05, 3.63) is 53.1 Å². The predicted octanol–water partition coefficient (Wildman–Crippen LogP) is 2.39. The standard InChI is InChI=1S/C14H12FNO3/c1-8-12(2-3-13(15)16-8)10-4-9(7-17)5-11(6-10)14(18)19/h2-6,17H,7H2,1H3,(H,18,19). The number of aromatic nitrogens is 1. The number of aromatic carboxylic acids is 1. The molecule has 19 heavy (non-hydrogen) atoms. The molecule has 0 aliphatic heterocycles. The van der Waals surface area contributed by atoms with E-state index in [1.807, 2.05) is 0 Å². The monoisotopic (exact) mass is 261 g/mol. The Morgan fingerprint density at radius 1 is 1.32 bits per heavy atom. The molecule has 0 spiro atoms. The van der Waals surface area contributed by atoms with E-state index in [9.17, 15) is 9.18 Å². The van der Waals surface area contributed by atoms with Gasteiger partial charge in [0.25, 0.3) is 0 Å². The second-order valence-electron chi connectivity index (χ2n) is 4.15. The molecule has 0 radical (unpaired) electrons. The molecular weight excluding hydrogens is 249 g/mol. The molecule has 1 heterocycles. The fraction of sp³-hybridized carbons (Fsp3) is 0.143. The minimum atomic E-state index is -1.08. The molecule has 5 heteroatoms. The van der Waals surface area contributed by atoms with Gasteiger partial charge in [0.2, 0.25) is 5.95 Å². The molecule has 0 aliphatic rings. The zero-order valence-corrected chi connectivity index (χ0v) is 10.2. The molecule has 0 saturated carbocycles. The van der Waals surface area contributed by atoms with Crippen LogP contribution in [-0.2, 0) is 6.61 Å². The van der Waals surface area contributed by atoms with Crippen LogP contribution in [0.15, 0.2) is 30.3 Å². The normalized spacial score (nSPS) is 10.5. The molecule has 2 N–H and O–H groups in total. The lowest BCUT2D eigenvalue weighted by molar-refractivity contribution is 0.0696. The van der Waals surface area contributed by atoms with E-state index in [2.05, 4.69) is 4.98 Å². The maximum atomic E-state index is 13.0. The second-order valence-corrected chi connectivity index (χ2v) is 4.15. The van der Waals surface area contributed by atoms with Crippen LogP contribution >= 0.6 is 0 Å². The van der Waals surface area contributed by atoms with Crippen LogP contribution < -0.4 is 0 Å². The SMILES string of the molecule is Cc1nc(F)ccc1-c1cc(CO)cc(C(=O)O)c1. The van der Waals surface area contributed by atoms with Crippen molar-refractivity contribution in [2.75, 3.05) is 0 Å². The number of aliphatic hydroxyl groups is 1. The molecule has 98 valence electrons. The summed E-state index contributed by atoms with van der Waals surface area (Å²) in [5.41, 5.74) is 2.25. The number of nitrogens with zero attached hydrogens (tertiary/aromatic N) is 1. The van der Waals surface area contributed by atoms with Crippen molar-refractivity contribution in [2.24, 2.45) is 0 Å². The van der Waals surface area contributed by atoms with Gasteiger partial charge < -0.3 is 10.2 Å². The Labute approximate surface area is 109 Å². The summed E-state index contributed by atoms with van der Waals surface area (Å²) >= 11 is 0. The van der Waals surface area contributed by atoms with Gasteiger partial charge in [-0.15, -0.1) is 0 Å². The highest BCUT2D eigenvalue weighted by atomic mass is 19.1. The maximum absolute atomic E-state index is 13.0. The number of carboxylic acid groups (broad SMARTS) is 1. The number of halogens is 1. The topological polar surface area (TPSA) is 70.4 Å². The van der Waals surface area contributed by atoms with Gasteiger partial charge in [-0.25, -0.2) is 9.78 Å². The van der Waals surface area contributed by atoms with Crippen LogP contribution in [0.5, 0.6) is 0 Å². The fourth-order valence-corrected chi connectivity index (χ4v) is 1.90. The summed E-state index contributed by atoms with van der Waals surface area (Å²) in [7, 11) is 0. The van der Waals surface area contributed by atoms with Crippen LogP contribution in [-0.4, -0.2) is 21.2 Å². The van der Waals surface area contributed by atoms with Crippen LogP contribution in [0.1, 0.15) is 21.6 Å². The molecule has 0 atom stereocenters. The molecule has 1 aromatic carbocycles. The van der Waals surface area contributed by atoms with Crippen molar-refractivity contribution in [2.45, 2.75) is 13.5 Å². The van der Waals surface area contributed by atoms with Crippen molar-refractivity contribution in [1.29, 1.82) is 0 Å². The van der Waals surface area contributed by atoms with Gasteiger partial charge in [-0.3, -0.25) is 0 Å². The van der Waals surface area contributed by atoms with Crippen molar-refractivity contribution in [1.82, 2.24) is 4.98 Å². The highest BCUT2D eigenvalue weighted by molar-refractivity contribution is 5.90. The van der Waals surface area contributed by atoms with E-state index >= 15 is 0 Å².